The predicted molar refractivity (Wildman–Crippen MR) is 82.4 cm³/mol. The standard InChI is InChI=1S/C18H19O3/c1-18(2,3)21-17(19)14-11-9-13(10-12-14)15-7-5-6-8-16(15)20-4/h5-6,8-12H,1-4H3. The Balaban J connectivity index is 2.25. The molecule has 0 atom stereocenters. The molecule has 0 N–H and O–H groups in total. The van der Waals surface area contributed by atoms with Crippen molar-refractivity contribution in [3.05, 3.63) is 54.1 Å². The molecule has 0 aromatic heterocycles. The highest BCUT2D eigenvalue weighted by Crippen LogP contribution is 2.29. The van der Waals surface area contributed by atoms with E-state index in [1.165, 1.54) is 0 Å². The number of hydrogen-bond acceptors (Lipinski definition) is 3. The van der Waals surface area contributed by atoms with Crippen molar-refractivity contribution in [3.8, 4) is 16.9 Å². The van der Waals surface area contributed by atoms with E-state index in [9.17, 15) is 4.79 Å². The van der Waals surface area contributed by atoms with Gasteiger partial charge in [0.25, 0.3) is 0 Å². The van der Waals surface area contributed by atoms with E-state index >= 15 is 0 Å². The minimum absolute atomic E-state index is 0.321. The third-order valence-electron chi connectivity index (χ3n) is 2.85. The van der Waals surface area contributed by atoms with E-state index in [1.807, 2.05) is 51.1 Å². The first-order chi connectivity index (χ1) is 9.90. The van der Waals surface area contributed by atoms with Gasteiger partial charge in [0.15, 0.2) is 0 Å². The van der Waals surface area contributed by atoms with E-state index in [-0.39, 0.29) is 5.97 Å². The maximum atomic E-state index is 12.0. The molecule has 0 bridgehead atoms. The fraction of sp³-hybridized carbons (Fsp3) is 0.278. The summed E-state index contributed by atoms with van der Waals surface area (Å²) >= 11 is 0. The molecule has 0 spiro atoms. The van der Waals surface area contributed by atoms with Gasteiger partial charge in [-0.25, -0.2) is 4.79 Å². The van der Waals surface area contributed by atoms with Crippen LogP contribution in [0.4, 0.5) is 0 Å². The molecule has 0 heterocycles. The Morgan fingerprint density at radius 2 is 1.76 bits per heavy atom. The molecule has 0 aliphatic carbocycles. The van der Waals surface area contributed by atoms with Crippen LogP contribution in [0.25, 0.3) is 11.1 Å². The van der Waals surface area contributed by atoms with Crippen LogP contribution in [0.3, 0.4) is 0 Å². The van der Waals surface area contributed by atoms with E-state index in [0.717, 1.165) is 16.9 Å². The molecule has 21 heavy (non-hydrogen) atoms. The lowest BCUT2D eigenvalue weighted by atomic mass is 10.0. The van der Waals surface area contributed by atoms with Crippen LogP contribution >= 0.6 is 0 Å². The maximum absolute atomic E-state index is 12.0. The predicted octanol–water partition coefficient (Wildman–Crippen LogP) is 4.12. The lowest BCUT2D eigenvalue weighted by molar-refractivity contribution is 0.00696. The summed E-state index contributed by atoms with van der Waals surface area (Å²) in [4.78, 5) is 12.0. The quantitative estimate of drug-likeness (QED) is 0.795. The summed E-state index contributed by atoms with van der Waals surface area (Å²) in [6.45, 7) is 5.55. The van der Waals surface area contributed by atoms with E-state index in [4.69, 9.17) is 9.47 Å². The number of hydrogen-bond donors (Lipinski definition) is 0. The van der Waals surface area contributed by atoms with Gasteiger partial charge in [-0.05, 0) is 50.6 Å². The molecule has 2 aromatic rings. The number of benzene rings is 2. The zero-order chi connectivity index (χ0) is 15.5. The fourth-order valence-electron chi connectivity index (χ4n) is 1.93. The zero-order valence-electron chi connectivity index (χ0n) is 12.8. The van der Waals surface area contributed by atoms with E-state index < -0.39 is 5.60 Å². The number of rotatable bonds is 3. The van der Waals surface area contributed by atoms with Crippen LogP contribution in [-0.4, -0.2) is 18.7 Å². The number of ether oxygens (including phenoxy) is 2. The van der Waals surface area contributed by atoms with Crippen LogP contribution in [0.1, 0.15) is 31.1 Å². The lowest BCUT2D eigenvalue weighted by Crippen LogP contribution is -2.23. The molecule has 0 aliphatic rings. The average molecular weight is 283 g/mol. The zero-order valence-corrected chi connectivity index (χ0v) is 12.8. The number of esters is 1. The van der Waals surface area contributed by atoms with Gasteiger partial charge in [-0.1, -0.05) is 24.3 Å². The highest BCUT2D eigenvalue weighted by Gasteiger charge is 2.17. The van der Waals surface area contributed by atoms with Gasteiger partial charge in [-0.15, -0.1) is 0 Å². The molecular formula is C18H19O3. The van der Waals surface area contributed by atoms with Crippen molar-refractivity contribution in [2.75, 3.05) is 7.11 Å². The normalized spacial score (nSPS) is 11.0. The van der Waals surface area contributed by atoms with Gasteiger partial charge in [0.05, 0.1) is 12.7 Å². The Labute approximate surface area is 125 Å². The van der Waals surface area contributed by atoms with Crippen LogP contribution in [-0.2, 0) is 4.74 Å². The second-order valence-electron chi connectivity index (χ2n) is 5.69. The summed E-state index contributed by atoms with van der Waals surface area (Å²) < 4.78 is 10.7. The van der Waals surface area contributed by atoms with Gasteiger partial charge < -0.3 is 9.47 Å². The van der Waals surface area contributed by atoms with Gasteiger partial charge in [0.2, 0.25) is 0 Å². The molecule has 109 valence electrons. The Morgan fingerprint density at radius 3 is 2.33 bits per heavy atom. The molecule has 2 rings (SSSR count). The maximum Gasteiger partial charge on any atom is 0.338 e. The third kappa shape index (κ3) is 3.85. The topological polar surface area (TPSA) is 35.5 Å². The summed E-state index contributed by atoms with van der Waals surface area (Å²) in [7, 11) is 1.63. The van der Waals surface area contributed by atoms with Crippen molar-refractivity contribution in [1.29, 1.82) is 0 Å². The number of carbonyl (C=O) groups is 1. The van der Waals surface area contributed by atoms with Gasteiger partial charge >= 0.3 is 5.97 Å². The van der Waals surface area contributed by atoms with Gasteiger partial charge in [-0.3, -0.25) is 0 Å². The molecule has 0 saturated heterocycles. The summed E-state index contributed by atoms with van der Waals surface area (Å²) in [6.07, 6.45) is 0. The highest BCUT2D eigenvalue weighted by atomic mass is 16.6. The molecule has 0 aliphatic heterocycles. The summed E-state index contributed by atoms with van der Waals surface area (Å²) in [5.74, 6) is 0.431. The minimum atomic E-state index is -0.494. The smallest absolute Gasteiger partial charge is 0.338 e. The Kier molecular flexibility index (Phi) is 4.32. The molecule has 0 fully saturated rings. The van der Waals surface area contributed by atoms with Crippen molar-refractivity contribution < 1.29 is 14.3 Å². The first kappa shape index (κ1) is 15.1. The van der Waals surface area contributed by atoms with Crippen LogP contribution < -0.4 is 4.74 Å². The van der Waals surface area contributed by atoms with Gasteiger partial charge in [0, 0.05) is 5.56 Å². The van der Waals surface area contributed by atoms with Gasteiger partial charge in [0.1, 0.15) is 11.4 Å². The SMILES string of the molecule is COc1ccc[c]c1-c1ccc(C(=O)OC(C)(C)C)cc1. The molecular weight excluding hydrogens is 264 g/mol. The van der Waals surface area contributed by atoms with Crippen LogP contribution in [0, 0.1) is 6.07 Å². The first-order valence-electron chi connectivity index (χ1n) is 6.79. The Bertz CT molecular complexity index is 622. The molecule has 1 radical (unpaired) electrons. The molecule has 0 amide bonds. The van der Waals surface area contributed by atoms with E-state index in [1.54, 1.807) is 19.2 Å². The molecule has 0 saturated carbocycles. The largest absolute Gasteiger partial charge is 0.496 e. The molecule has 0 unspecified atom stereocenters. The molecule has 3 heteroatoms. The van der Waals surface area contributed by atoms with Crippen LogP contribution in [0.5, 0.6) is 5.75 Å². The van der Waals surface area contributed by atoms with Crippen molar-refractivity contribution >= 4 is 5.97 Å². The minimum Gasteiger partial charge on any atom is -0.496 e. The molecule has 2 aromatic carbocycles. The summed E-state index contributed by atoms with van der Waals surface area (Å²) in [5.41, 5.74) is 1.85. The Morgan fingerprint density at radius 1 is 1.10 bits per heavy atom. The van der Waals surface area contributed by atoms with E-state index in [0.29, 0.717) is 5.56 Å². The van der Waals surface area contributed by atoms with Crippen molar-refractivity contribution in [3.63, 3.8) is 0 Å². The van der Waals surface area contributed by atoms with Crippen molar-refractivity contribution in [2.24, 2.45) is 0 Å². The van der Waals surface area contributed by atoms with Gasteiger partial charge in [-0.2, -0.15) is 0 Å². The second-order valence-corrected chi connectivity index (χ2v) is 5.69. The monoisotopic (exact) mass is 283 g/mol. The molecule has 3 nitrogen and oxygen atoms in total. The number of carbonyl (C=O) groups excluding carboxylic acids is 1. The van der Waals surface area contributed by atoms with Crippen molar-refractivity contribution in [2.45, 2.75) is 26.4 Å². The van der Waals surface area contributed by atoms with Crippen LogP contribution in [0.2, 0.25) is 0 Å². The highest BCUT2D eigenvalue weighted by molar-refractivity contribution is 5.90. The van der Waals surface area contributed by atoms with Crippen molar-refractivity contribution in [1.82, 2.24) is 0 Å². The second kappa shape index (κ2) is 6.00. The summed E-state index contributed by atoms with van der Waals surface area (Å²) in [5, 5.41) is 0. The number of methoxy groups -OCH3 is 1. The first-order valence-corrected chi connectivity index (χ1v) is 6.79. The van der Waals surface area contributed by atoms with Crippen LogP contribution in [0.15, 0.2) is 42.5 Å². The Hall–Kier alpha value is -2.29. The average Bonchev–Trinajstić information content (AvgIpc) is 2.45. The lowest BCUT2D eigenvalue weighted by Gasteiger charge is -2.19. The fourth-order valence-corrected chi connectivity index (χ4v) is 1.93. The third-order valence-corrected chi connectivity index (χ3v) is 2.85. The van der Waals surface area contributed by atoms with E-state index in [2.05, 4.69) is 6.07 Å². The summed E-state index contributed by atoms with van der Waals surface area (Å²) in [6, 6.07) is 16.0.